The molecule has 0 saturated carbocycles. The van der Waals surface area contributed by atoms with E-state index in [1.807, 2.05) is 35.2 Å². The zero-order valence-electron chi connectivity index (χ0n) is 12.6. The molecule has 2 saturated heterocycles. The Bertz CT molecular complexity index is 700. The summed E-state index contributed by atoms with van der Waals surface area (Å²) in [6.07, 6.45) is 3.76. The summed E-state index contributed by atoms with van der Waals surface area (Å²) in [4.78, 5) is 21.6. The number of pyridine rings is 1. The van der Waals surface area contributed by atoms with Gasteiger partial charge in [0.25, 0.3) is 0 Å². The quantitative estimate of drug-likeness (QED) is 0.854. The van der Waals surface area contributed by atoms with Gasteiger partial charge >= 0.3 is 0 Å². The molecule has 2 unspecified atom stereocenters. The van der Waals surface area contributed by atoms with Gasteiger partial charge in [-0.2, -0.15) is 0 Å². The molecule has 0 aliphatic carbocycles. The van der Waals surface area contributed by atoms with E-state index >= 15 is 0 Å². The third-order valence-electron chi connectivity index (χ3n) is 4.74. The lowest BCUT2D eigenvalue weighted by atomic mass is 10.1. The second-order valence-corrected chi connectivity index (χ2v) is 6.02. The van der Waals surface area contributed by atoms with Crippen molar-refractivity contribution >= 4 is 11.7 Å². The lowest BCUT2D eigenvalue weighted by molar-refractivity contribution is -0.119. The Balaban J connectivity index is 1.84. The molecule has 0 radical (unpaired) electrons. The minimum absolute atomic E-state index is 0.00612. The van der Waals surface area contributed by atoms with E-state index in [0.717, 1.165) is 25.2 Å². The topological polar surface area (TPSA) is 36.4 Å². The van der Waals surface area contributed by atoms with E-state index in [-0.39, 0.29) is 18.1 Å². The normalized spacial score (nSPS) is 24.8. The van der Waals surface area contributed by atoms with E-state index in [9.17, 15) is 4.79 Å². The molecule has 0 bridgehead atoms. The monoisotopic (exact) mass is 293 g/mol. The van der Waals surface area contributed by atoms with Crippen molar-refractivity contribution in [2.75, 3.05) is 11.4 Å². The molecular weight excluding hydrogens is 274 g/mol. The van der Waals surface area contributed by atoms with Gasteiger partial charge in [-0.25, -0.2) is 4.98 Å². The minimum Gasteiger partial charge on any atom is -0.275 e. The Morgan fingerprint density at radius 1 is 1.14 bits per heavy atom. The Morgan fingerprint density at radius 3 is 2.73 bits per heavy atom. The number of amides is 1. The number of benzene rings is 1. The number of carbonyl (C=O) groups excluding carboxylic acids is 1. The summed E-state index contributed by atoms with van der Waals surface area (Å²) in [5.41, 5.74) is 2.42. The van der Waals surface area contributed by atoms with Crippen molar-refractivity contribution in [1.29, 1.82) is 0 Å². The average molecular weight is 293 g/mol. The van der Waals surface area contributed by atoms with Crippen LogP contribution in [0.15, 0.2) is 48.7 Å². The molecule has 1 aromatic heterocycles. The van der Waals surface area contributed by atoms with Crippen LogP contribution in [0.3, 0.4) is 0 Å². The van der Waals surface area contributed by atoms with Crippen molar-refractivity contribution in [1.82, 2.24) is 9.88 Å². The fourth-order valence-electron chi connectivity index (χ4n) is 3.70. The van der Waals surface area contributed by atoms with Crippen LogP contribution in [0.1, 0.15) is 30.1 Å². The van der Waals surface area contributed by atoms with E-state index in [4.69, 9.17) is 0 Å². The first-order chi connectivity index (χ1) is 10.8. The van der Waals surface area contributed by atoms with Gasteiger partial charge in [0, 0.05) is 12.7 Å². The maximum Gasteiger partial charge on any atom is 0.247 e. The van der Waals surface area contributed by atoms with Crippen LogP contribution in [0.2, 0.25) is 0 Å². The number of fused-ring (bicyclic) bond motifs is 1. The first-order valence-corrected chi connectivity index (χ1v) is 7.83. The third kappa shape index (κ3) is 1.95. The minimum atomic E-state index is -0.0314. The van der Waals surface area contributed by atoms with Crippen molar-refractivity contribution in [3.05, 3.63) is 59.8 Å². The summed E-state index contributed by atoms with van der Waals surface area (Å²) < 4.78 is 0. The molecule has 0 N–H and O–H groups in total. The van der Waals surface area contributed by atoms with E-state index in [1.165, 1.54) is 11.1 Å². The third-order valence-corrected chi connectivity index (χ3v) is 4.74. The highest BCUT2D eigenvalue weighted by atomic mass is 16.2. The predicted molar refractivity (Wildman–Crippen MR) is 85.4 cm³/mol. The number of nitrogens with zero attached hydrogens (tertiary/aromatic N) is 3. The molecule has 4 heteroatoms. The van der Waals surface area contributed by atoms with E-state index in [1.54, 1.807) is 6.20 Å². The lowest BCUT2D eigenvalue weighted by Crippen LogP contribution is -2.33. The zero-order valence-corrected chi connectivity index (χ0v) is 12.6. The molecule has 2 atom stereocenters. The van der Waals surface area contributed by atoms with Crippen LogP contribution in [0.5, 0.6) is 0 Å². The lowest BCUT2D eigenvalue weighted by Gasteiger charge is -2.30. The van der Waals surface area contributed by atoms with Crippen LogP contribution in [-0.2, 0) is 4.79 Å². The van der Waals surface area contributed by atoms with Crippen molar-refractivity contribution < 1.29 is 4.79 Å². The van der Waals surface area contributed by atoms with Crippen LogP contribution >= 0.6 is 0 Å². The van der Waals surface area contributed by atoms with E-state index in [0.29, 0.717) is 0 Å². The molecule has 2 aliphatic heterocycles. The number of aromatic nitrogens is 1. The van der Waals surface area contributed by atoms with Crippen molar-refractivity contribution in [2.45, 2.75) is 32.0 Å². The molecule has 2 aliphatic rings. The molecule has 112 valence electrons. The van der Waals surface area contributed by atoms with Crippen LogP contribution in [-0.4, -0.2) is 28.4 Å². The maximum absolute atomic E-state index is 12.9. The maximum atomic E-state index is 12.9. The zero-order chi connectivity index (χ0) is 15.1. The van der Waals surface area contributed by atoms with Gasteiger partial charge in [0.15, 0.2) is 0 Å². The van der Waals surface area contributed by atoms with Crippen LogP contribution in [0.25, 0.3) is 0 Å². The van der Waals surface area contributed by atoms with Gasteiger partial charge in [0.2, 0.25) is 5.91 Å². The number of carbonyl (C=O) groups is 1. The van der Waals surface area contributed by atoms with Gasteiger partial charge < -0.3 is 0 Å². The van der Waals surface area contributed by atoms with Gasteiger partial charge in [0.05, 0.1) is 6.04 Å². The second kappa shape index (κ2) is 5.21. The van der Waals surface area contributed by atoms with Crippen LogP contribution < -0.4 is 4.90 Å². The summed E-state index contributed by atoms with van der Waals surface area (Å²) in [5.74, 6) is 0.930. The van der Waals surface area contributed by atoms with Crippen molar-refractivity contribution in [3.8, 4) is 0 Å². The molecule has 22 heavy (non-hydrogen) atoms. The summed E-state index contributed by atoms with van der Waals surface area (Å²) >= 11 is 0. The fourth-order valence-corrected chi connectivity index (χ4v) is 3.70. The predicted octanol–water partition coefficient (Wildman–Crippen LogP) is 2.90. The fraction of sp³-hybridized carbons (Fsp3) is 0.333. The van der Waals surface area contributed by atoms with Crippen LogP contribution in [0.4, 0.5) is 5.82 Å². The largest absolute Gasteiger partial charge is 0.275 e. The highest BCUT2D eigenvalue weighted by Crippen LogP contribution is 2.42. The number of hydrogen-bond acceptors (Lipinski definition) is 3. The molecule has 3 heterocycles. The van der Waals surface area contributed by atoms with Crippen molar-refractivity contribution in [2.24, 2.45) is 0 Å². The van der Waals surface area contributed by atoms with Gasteiger partial charge in [-0.15, -0.1) is 0 Å². The molecule has 1 aromatic carbocycles. The summed E-state index contributed by atoms with van der Waals surface area (Å²) in [6.45, 7) is 3.08. The van der Waals surface area contributed by atoms with Gasteiger partial charge in [-0.3, -0.25) is 14.6 Å². The number of anilines is 1. The standard InChI is InChI=1S/C18H19N3O/c1-13-7-2-3-8-14(13)17-20-12-6-9-15(20)18(22)21(17)16-10-4-5-11-19-16/h2-5,7-8,10-11,15,17H,6,9,12H2,1H3. The van der Waals surface area contributed by atoms with Gasteiger partial charge in [0.1, 0.15) is 12.0 Å². The van der Waals surface area contributed by atoms with Gasteiger partial charge in [-0.1, -0.05) is 30.3 Å². The van der Waals surface area contributed by atoms with E-state index in [2.05, 4.69) is 28.9 Å². The first-order valence-electron chi connectivity index (χ1n) is 7.83. The van der Waals surface area contributed by atoms with Crippen LogP contribution in [0, 0.1) is 6.92 Å². The Morgan fingerprint density at radius 2 is 1.95 bits per heavy atom. The Kier molecular flexibility index (Phi) is 3.19. The molecule has 0 spiro atoms. The SMILES string of the molecule is Cc1ccccc1C1N(c2ccccn2)C(=O)C2CCCN21. The molecule has 2 fully saturated rings. The smallest absolute Gasteiger partial charge is 0.247 e. The molecule has 2 aromatic rings. The second-order valence-electron chi connectivity index (χ2n) is 6.02. The molecule has 1 amide bonds. The molecule has 4 nitrogen and oxygen atoms in total. The molecule has 4 rings (SSSR count). The van der Waals surface area contributed by atoms with Gasteiger partial charge in [-0.05, 0) is 43.0 Å². The Labute approximate surface area is 130 Å². The summed E-state index contributed by atoms with van der Waals surface area (Å²) in [7, 11) is 0. The number of rotatable bonds is 2. The average Bonchev–Trinajstić information content (AvgIpc) is 3.11. The Hall–Kier alpha value is -2.20. The molecular formula is C18H19N3O. The summed E-state index contributed by atoms with van der Waals surface area (Å²) in [6, 6.07) is 14.1. The summed E-state index contributed by atoms with van der Waals surface area (Å²) in [5, 5.41) is 0. The highest BCUT2D eigenvalue weighted by molar-refractivity contribution is 5.99. The number of hydrogen-bond donors (Lipinski definition) is 0. The first kappa shape index (κ1) is 13.5. The number of aryl methyl sites for hydroxylation is 1. The van der Waals surface area contributed by atoms with E-state index < -0.39 is 0 Å². The highest BCUT2D eigenvalue weighted by Gasteiger charge is 2.49. The van der Waals surface area contributed by atoms with Crippen molar-refractivity contribution in [3.63, 3.8) is 0 Å².